The number of nitrogens with one attached hydrogen (secondary N) is 1. The molecule has 0 radical (unpaired) electrons. The van der Waals surface area contributed by atoms with Crippen LogP contribution in [0.5, 0.6) is 5.75 Å². The van der Waals surface area contributed by atoms with E-state index in [0.29, 0.717) is 17.1 Å². The number of alkyl halides is 6. The van der Waals surface area contributed by atoms with Gasteiger partial charge in [0.15, 0.2) is 0 Å². The number of hydrogen-bond donors (Lipinski definition) is 1. The van der Waals surface area contributed by atoms with E-state index in [4.69, 9.17) is 0 Å². The molecule has 1 atom stereocenters. The first-order chi connectivity index (χ1) is 15.6. The van der Waals surface area contributed by atoms with Crippen molar-refractivity contribution in [3.8, 4) is 39.7 Å². The van der Waals surface area contributed by atoms with Crippen LogP contribution in [0.3, 0.4) is 0 Å². The van der Waals surface area contributed by atoms with Gasteiger partial charge in [-0.3, -0.25) is 0 Å². The molecule has 33 heavy (non-hydrogen) atoms. The molecule has 1 unspecified atom stereocenters. The lowest BCUT2D eigenvalue weighted by atomic mass is 10.1. The van der Waals surface area contributed by atoms with Crippen LogP contribution in [0, 0.1) is 0 Å². The summed E-state index contributed by atoms with van der Waals surface area (Å²) in [6.45, 7) is 0. The highest BCUT2D eigenvalue weighted by Crippen LogP contribution is 2.37. The van der Waals surface area contributed by atoms with Crippen LogP contribution in [-0.2, 0) is 0 Å². The van der Waals surface area contributed by atoms with E-state index in [9.17, 15) is 26.3 Å². The molecule has 0 fully saturated rings. The largest absolute Gasteiger partial charge is 0.439 e. The molecule has 9 heteroatoms. The zero-order valence-corrected chi connectivity index (χ0v) is 16.8. The minimum Gasteiger partial charge on any atom is -0.430 e. The van der Waals surface area contributed by atoms with Crippen molar-refractivity contribution in [2.45, 2.75) is 18.5 Å². The molecule has 0 bridgehead atoms. The summed E-state index contributed by atoms with van der Waals surface area (Å²) in [4.78, 5) is 7.85. The lowest BCUT2D eigenvalue weighted by Gasteiger charge is -2.23. The normalized spacial score (nSPS) is 13.0. The van der Waals surface area contributed by atoms with E-state index in [2.05, 4.69) is 14.7 Å². The third-order valence-corrected chi connectivity index (χ3v) is 4.78. The maximum atomic E-state index is 13.5. The number of rotatable bonds is 6. The fourth-order valence-corrected chi connectivity index (χ4v) is 3.21. The number of halogens is 6. The SMILES string of the molecule is FC(C(F)(F)F)C(F)(F)Oc1ccc(-c2nc(-c3ccccc3)c(-c3ccccc3)[nH]2)cc1. The molecular weight excluding hydrogens is 446 g/mol. The van der Waals surface area contributed by atoms with Gasteiger partial charge in [0.25, 0.3) is 6.17 Å². The Balaban J connectivity index is 1.66. The molecule has 0 amide bonds. The van der Waals surface area contributed by atoms with Gasteiger partial charge in [0, 0.05) is 16.7 Å². The average Bonchev–Trinajstić information content (AvgIpc) is 3.25. The summed E-state index contributed by atoms with van der Waals surface area (Å²) in [5.41, 5.74) is 3.58. The topological polar surface area (TPSA) is 37.9 Å². The van der Waals surface area contributed by atoms with E-state index in [1.54, 1.807) is 0 Å². The van der Waals surface area contributed by atoms with Crippen LogP contribution >= 0.6 is 0 Å². The number of ether oxygens (including phenoxy) is 1. The molecule has 4 aromatic rings. The highest BCUT2D eigenvalue weighted by Gasteiger charge is 2.59. The summed E-state index contributed by atoms with van der Waals surface area (Å²) in [5.74, 6) is -0.210. The van der Waals surface area contributed by atoms with Crippen LogP contribution < -0.4 is 4.74 Å². The fourth-order valence-electron chi connectivity index (χ4n) is 3.21. The number of aromatic amines is 1. The van der Waals surface area contributed by atoms with Crippen molar-refractivity contribution in [2.75, 3.05) is 0 Å². The van der Waals surface area contributed by atoms with Crippen molar-refractivity contribution < 1.29 is 31.1 Å². The molecule has 1 N–H and O–H groups in total. The molecular formula is C24H16F6N2O. The van der Waals surface area contributed by atoms with E-state index in [0.717, 1.165) is 29.0 Å². The lowest BCUT2D eigenvalue weighted by molar-refractivity contribution is -0.304. The Morgan fingerprint density at radius 2 is 1.24 bits per heavy atom. The van der Waals surface area contributed by atoms with Crippen LogP contribution in [0.1, 0.15) is 0 Å². The molecule has 3 aromatic carbocycles. The number of aromatic nitrogens is 2. The summed E-state index contributed by atoms with van der Waals surface area (Å²) in [6.07, 6.45) is -15.3. The number of H-pyrrole nitrogens is 1. The maximum Gasteiger partial charge on any atom is 0.439 e. The highest BCUT2D eigenvalue weighted by molar-refractivity contribution is 5.81. The third-order valence-electron chi connectivity index (χ3n) is 4.78. The quantitative estimate of drug-likeness (QED) is 0.306. The lowest BCUT2D eigenvalue weighted by Crippen LogP contribution is -2.45. The summed E-state index contributed by atoms with van der Waals surface area (Å²) < 4.78 is 81.0. The van der Waals surface area contributed by atoms with Gasteiger partial charge in [-0.15, -0.1) is 0 Å². The predicted molar refractivity (Wildman–Crippen MR) is 111 cm³/mol. The summed E-state index contributed by atoms with van der Waals surface area (Å²) >= 11 is 0. The molecule has 0 aliphatic heterocycles. The van der Waals surface area contributed by atoms with Crippen molar-refractivity contribution in [1.82, 2.24) is 9.97 Å². The Hall–Kier alpha value is -3.75. The van der Waals surface area contributed by atoms with Crippen molar-refractivity contribution in [2.24, 2.45) is 0 Å². The zero-order valence-electron chi connectivity index (χ0n) is 16.8. The first-order valence-corrected chi connectivity index (χ1v) is 9.74. The summed E-state index contributed by atoms with van der Waals surface area (Å²) in [5, 5.41) is 0. The standard InChI is InChI=1S/C24H16F6N2O/c25-22(23(26,27)28)24(29,30)33-18-13-11-17(12-14-18)21-31-19(15-7-3-1-4-8-15)20(32-21)16-9-5-2-6-10-16/h1-14,22H,(H,31,32). The molecule has 0 aliphatic rings. The van der Waals surface area contributed by atoms with Crippen LogP contribution in [0.25, 0.3) is 33.9 Å². The van der Waals surface area contributed by atoms with E-state index in [1.165, 1.54) is 12.1 Å². The fraction of sp³-hybridized carbons (Fsp3) is 0.125. The summed E-state index contributed by atoms with van der Waals surface area (Å²) in [6, 6.07) is 23.5. The predicted octanol–water partition coefficient (Wildman–Crippen LogP) is 7.28. The second-order valence-corrected chi connectivity index (χ2v) is 7.13. The second kappa shape index (κ2) is 8.65. The van der Waals surface area contributed by atoms with Crippen molar-refractivity contribution >= 4 is 0 Å². The van der Waals surface area contributed by atoms with E-state index in [1.807, 2.05) is 60.7 Å². The second-order valence-electron chi connectivity index (χ2n) is 7.13. The Labute approximate surface area is 184 Å². The van der Waals surface area contributed by atoms with Gasteiger partial charge < -0.3 is 9.72 Å². The van der Waals surface area contributed by atoms with Gasteiger partial charge in [-0.25, -0.2) is 9.37 Å². The number of imidazole rings is 1. The van der Waals surface area contributed by atoms with Gasteiger partial charge in [0.1, 0.15) is 11.6 Å². The van der Waals surface area contributed by atoms with E-state index >= 15 is 0 Å². The van der Waals surface area contributed by atoms with Crippen molar-refractivity contribution in [3.05, 3.63) is 84.9 Å². The third kappa shape index (κ3) is 4.87. The minimum absolute atomic E-state index is 0.407. The monoisotopic (exact) mass is 462 g/mol. The van der Waals surface area contributed by atoms with Crippen LogP contribution in [0.15, 0.2) is 84.9 Å². The number of benzene rings is 3. The van der Waals surface area contributed by atoms with E-state index < -0.39 is 24.2 Å². The highest BCUT2D eigenvalue weighted by atomic mass is 19.4. The molecule has 0 aliphatic carbocycles. The Bertz CT molecular complexity index is 1150. The Morgan fingerprint density at radius 1 is 0.697 bits per heavy atom. The number of nitrogens with zero attached hydrogens (tertiary/aromatic N) is 1. The van der Waals surface area contributed by atoms with Gasteiger partial charge in [-0.05, 0) is 24.3 Å². The van der Waals surface area contributed by atoms with Gasteiger partial charge in [0.05, 0.1) is 11.4 Å². The molecule has 0 saturated heterocycles. The first kappa shape index (κ1) is 22.4. The maximum absolute atomic E-state index is 13.5. The zero-order chi connectivity index (χ0) is 23.6. The molecule has 3 nitrogen and oxygen atoms in total. The summed E-state index contributed by atoms with van der Waals surface area (Å²) in [7, 11) is 0. The molecule has 170 valence electrons. The van der Waals surface area contributed by atoms with E-state index in [-0.39, 0.29) is 0 Å². The molecule has 0 saturated carbocycles. The minimum atomic E-state index is -5.75. The van der Waals surface area contributed by atoms with Gasteiger partial charge >= 0.3 is 12.3 Å². The van der Waals surface area contributed by atoms with Gasteiger partial charge in [0.2, 0.25) is 0 Å². The van der Waals surface area contributed by atoms with Gasteiger partial charge in [-0.2, -0.15) is 22.0 Å². The van der Waals surface area contributed by atoms with Crippen LogP contribution in [0.2, 0.25) is 0 Å². The Morgan fingerprint density at radius 3 is 1.79 bits per heavy atom. The molecule has 1 heterocycles. The van der Waals surface area contributed by atoms with Crippen molar-refractivity contribution in [1.29, 1.82) is 0 Å². The average molecular weight is 462 g/mol. The number of hydrogen-bond acceptors (Lipinski definition) is 2. The van der Waals surface area contributed by atoms with Crippen molar-refractivity contribution in [3.63, 3.8) is 0 Å². The first-order valence-electron chi connectivity index (χ1n) is 9.74. The Kier molecular flexibility index (Phi) is 5.88. The van der Waals surface area contributed by atoms with Gasteiger partial charge in [-0.1, -0.05) is 60.7 Å². The molecule has 4 rings (SSSR count). The van der Waals surface area contributed by atoms with Crippen LogP contribution in [0.4, 0.5) is 26.3 Å². The molecule has 0 spiro atoms. The van der Waals surface area contributed by atoms with Crippen LogP contribution in [-0.4, -0.2) is 28.4 Å². The molecule has 1 aromatic heterocycles. The smallest absolute Gasteiger partial charge is 0.430 e.